The predicted octanol–water partition coefficient (Wildman–Crippen LogP) is 2.35. The average Bonchev–Trinajstić information content (AvgIpc) is 2.98. The molecule has 22 heavy (non-hydrogen) atoms. The van der Waals surface area contributed by atoms with Crippen LogP contribution in [0.1, 0.15) is 12.1 Å². The fraction of sp³-hybridized carbons (Fsp3) is 0.714. The monoisotopic (exact) mass is 346 g/mol. The van der Waals surface area contributed by atoms with Gasteiger partial charge in [0.15, 0.2) is 0 Å². The fourth-order valence-corrected chi connectivity index (χ4v) is 3.67. The Labute approximate surface area is 139 Å². The first-order valence-electron chi connectivity index (χ1n) is 7.36. The number of halogens is 1. The van der Waals surface area contributed by atoms with Crippen molar-refractivity contribution in [3.63, 3.8) is 0 Å². The van der Waals surface area contributed by atoms with Gasteiger partial charge in [0.25, 0.3) is 0 Å². The number of rotatable bonds is 10. The maximum atomic E-state index is 11.8. The highest BCUT2D eigenvalue weighted by molar-refractivity contribution is 7.99. The van der Waals surface area contributed by atoms with Crippen LogP contribution in [0.25, 0.3) is 5.57 Å². The molecule has 2 heterocycles. The van der Waals surface area contributed by atoms with Gasteiger partial charge in [-0.3, -0.25) is 0 Å². The van der Waals surface area contributed by atoms with Crippen molar-refractivity contribution in [1.82, 2.24) is 13.6 Å². The number of thioether (sulfide) groups is 1. The first-order valence-corrected chi connectivity index (χ1v) is 9.07. The molecule has 0 radical (unpaired) electrons. The van der Waals surface area contributed by atoms with E-state index in [1.165, 1.54) is 17.3 Å². The zero-order chi connectivity index (χ0) is 15.6. The van der Waals surface area contributed by atoms with E-state index in [1.54, 1.807) is 11.8 Å². The van der Waals surface area contributed by atoms with Gasteiger partial charge in [-0.15, -0.1) is 11.8 Å². The molecule has 0 spiro atoms. The molecule has 124 valence electrons. The molecule has 1 aliphatic heterocycles. The molecule has 5 nitrogen and oxygen atoms in total. The predicted molar refractivity (Wildman–Crippen MR) is 88.3 cm³/mol. The summed E-state index contributed by atoms with van der Waals surface area (Å²) in [7, 11) is 2.12. The molecule has 0 fully saturated rings. The Morgan fingerprint density at radius 2 is 2.09 bits per heavy atom. The van der Waals surface area contributed by atoms with Gasteiger partial charge in [-0.25, -0.2) is 4.39 Å². The van der Waals surface area contributed by atoms with Crippen molar-refractivity contribution in [2.75, 3.05) is 59.0 Å². The molecule has 0 unspecified atom stereocenters. The topological polar surface area (TPSA) is 47.5 Å². The normalized spacial score (nSPS) is 16.0. The van der Waals surface area contributed by atoms with Gasteiger partial charge in [-0.05, 0) is 19.0 Å². The minimum atomic E-state index is -0.444. The number of alkyl halides is 1. The van der Waals surface area contributed by atoms with Crippen molar-refractivity contribution in [2.24, 2.45) is 0 Å². The summed E-state index contributed by atoms with van der Waals surface area (Å²) in [4.78, 5) is 2.30. The van der Waals surface area contributed by atoms with Crippen molar-refractivity contribution in [1.29, 1.82) is 0 Å². The van der Waals surface area contributed by atoms with Crippen LogP contribution >= 0.6 is 23.5 Å². The summed E-state index contributed by atoms with van der Waals surface area (Å²) < 4.78 is 31.1. The van der Waals surface area contributed by atoms with Crippen LogP contribution in [0.2, 0.25) is 0 Å². The van der Waals surface area contributed by atoms with Gasteiger partial charge in [0.1, 0.15) is 17.4 Å². The third-order valence-electron chi connectivity index (χ3n) is 3.16. The molecule has 0 saturated carbocycles. The second-order valence-corrected chi connectivity index (χ2v) is 6.55. The van der Waals surface area contributed by atoms with Crippen LogP contribution < -0.4 is 0 Å². The van der Waals surface area contributed by atoms with E-state index in [2.05, 4.69) is 26.8 Å². The summed E-state index contributed by atoms with van der Waals surface area (Å²) in [6, 6.07) is 0. The fourth-order valence-electron chi connectivity index (χ4n) is 2.11. The Hall–Kier alpha value is -0.540. The van der Waals surface area contributed by atoms with Crippen LogP contribution in [0.5, 0.6) is 0 Å². The third-order valence-corrected chi connectivity index (χ3v) is 4.74. The van der Waals surface area contributed by atoms with Crippen LogP contribution in [-0.2, 0) is 9.47 Å². The highest BCUT2D eigenvalue weighted by Crippen LogP contribution is 2.28. The minimum Gasteiger partial charge on any atom is -0.378 e. The van der Waals surface area contributed by atoms with Gasteiger partial charge >= 0.3 is 0 Å². The number of hydrogen-bond acceptors (Lipinski definition) is 7. The zero-order valence-corrected chi connectivity index (χ0v) is 14.4. The summed E-state index contributed by atoms with van der Waals surface area (Å²) >= 11 is 2.93. The van der Waals surface area contributed by atoms with Crippen LogP contribution in [-0.4, -0.2) is 72.6 Å². The van der Waals surface area contributed by atoms with E-state index in [9.17, 15) is 4.39 Å². The van der Waals surface area contributed by atoms with Crippen LogP contribution in [0.3, 0.4) is 0 Å². The number of aromatic nitrogens is 2. The van der Waals surface area contributed by atoms with Gasteiger partial charge in [0.2, 0.25) is 0 Å². The van der Waals surface area contributed by atoms with E-state index in [1.807, 2.05) is 0 Å². The summed E-state index contributed by atoms with van der Waals surface area (Å²) in [6.45, 7) is 3.30. The molecule has 0 aliphatic carbocycles. The van der Waals surface area contributed by atoms with E-state index in [0.29, 0.717) is 19.8 Å². The van der Waals surface area contributed by atoms with Crippen molar-refractivity contribution < 1.29 is 13.9 Å². The quantitative estimate of drug-likeness (QED) is 0.479. The lowest BCUT2D eigenvalue weighted by Gasteiger charge is -2.22. The standard InChI is InChI=1S/C14H22FN3O2S2/c1-18-5-2-3-12(11-18)13-14(17-22-16-13)21-10-9-20-8-7-19-6-4-15/h3H,2,4-11H2,1H3/i15-1. The second kappa shape index (κ2) is 10.3. The third kappa shape index (κ3) is 5.92. The van der Waals surface area contributed by atoms with Gasteiger partial charge in [-0.1, -0.05) is 6.08 Å². The molecule has 0 aromatic carbocycles. The lowest BCUT2D eigenvalue weighted by molar-refractivity contribution is 0.0484. The smallest absolute Gasteiger partial charge is 0.138 e. The summed E-state index contributed by atoms with van der Waals surface area (Å²) in [5.41, 5.74) is 2.29. The van der Waals surface area contributed by atoms with Crippen molar-refractivity contribution in [3.05, 3.63) is 11.8 Å². The molecule has 0 atom stereocenters. The van der Waals surface area contributed by atoms with Gasteiger partial charge in [0, 0.05) is 18.8 Å². The van der Waals surface area contributed by atoms with E-state index in [4.69, 9.17) is 9.47 Å². The van der Waals surface area contributed by atoms with Crippen LogP contribution in [0, 0.1) is 0 Å². The number of nitrogens with zero attached hydrogens (tertiary/aromatic N) is 3. The highest BCUT2D eigenvalue weighted by Gasteiger charge is 2.17. The molecule has 0 bridgehead atoms. The molecule has 2 rings (SSSR count). The largest absolute Gasteiger partial charge is 0.378 e. The first-order chi connectivity index (χ1) is 10.8. The Morgan fingerprint density at radius 3 is 2.86 bits per heavy atom. The Bertz CT molecular complexity index is 471. The molecule has 1 aliphatic rings. The number of likely N-dealkylation sites (N-methyl/N-ethyl adjacent to an activating group) is 1. The van der Waals surface area contributed by atoms with E-state index >= 15 is 0 Å². The van der Waals surface area contributed by atoms with Gasteiger partial charge in [-0.2, -0.15) is 8.75 Å². The maximum absolute atomic E-state index is 11.8. The second-order valence-electron chi connectivity index (χ2n) is 4.94. The molecule has 0 amide bonds. The SMILES string of the molecule is CN1CCC=C(c2nsnc2SCCOCCOCC[18F])C1. The number of hydrogen-bond donors (Lipinski definition) is 0. The number of ether oxygens (including phenoxy) is 2. The summed E-state index contributed by atoms with van der Waals surface area (Å²) in [5, 5.41) is 0.990. The Balaban J connectivity index is 1.69. The first kappa shape index (κ1) is 17.8. The average molecular weight is 346 g/mol. The summed E-state index contributed by atoms with van der Waals surface area (Å²) in [6.07, 6.45) is 3.33. The molecular weight excluding hydrogens is 324 g/mol. The molecule has 8 heteroatoms. The van der Waals surface area contributed by atoms with Crippen LogP contribution in [0.15, 0.2) is 11.1 Å². The minimum absolute atomic E-state index is 0.148. The van der Waals surface area contributed by atoms with Gasteiger partial charge < -0.3 is 14.4 Å². The zero-order valence-electron chi connectivity index (χ0n) is 12.8. The Kier molecular flexibility index (Phi) is 8.32. The maximum Gasteiger partial charge on any atom is 0.138 e. The molecule has 0 saturated heterocycles. The van der Waals surface area contributed by atoms with Crippen molar-refractivity contribution >= 4 is 29.1 Å². The summed E-state index contributed by atoms with van der Waals surface area (Å²) in [5.74, 6) is 0.824. The highest BCUT2D eigenvalue weighted by atomic mass is 32.2. The molecule has 1 aromatic rings. The van der Waals surface area contributed by atoms with Crippen molar-refractivity contribution in [2.45, 2.75) is 11.4 Å². The Morgan fingerprint density at radius 1 is 1.27 bits per heavy atom. The molecular formula is C14H22FN3O2S2. The van der Waals surface area contributed by atoms with Crippen LogP contribution in [0.4, 0.5) is 4.39 Å². The van der Waals surface area contributed by atoms with E-state index in [-0.39, 0.29) is 6.61 Å². The molecule has 0 N–H and O–H groups in total. The van der Waals surface area contributed by atoms with Crippen molar-refractivity contribution in [3.8, 4) is 0 Å². The van der Waals surface area contributed by atoms with E-state index < -0.39 is 6.67 Å². The lowest BCUT2D eigenvalue weighted by Crippen LogP contribution is -2.25. The van der Waals surface area contributed by atoms with Gasteiger partial charge in [0.05, 0.1) is 38.2 Å². The molecule has 1 aromatic heterocycles. The lowest BCUT2D eigenvalue weighted by atomic mass is 10.1. The van der Waals surface area contributed by atoms with E-state index in [0.717, 1.165) is 36.0 Å².